The lowest BCUT2D eigenvalue weighted by Gasteiger charge is -2.46. The van der Waals surface area contributed by atoms with Gasteiger partial charge in [0.1, 0.15) is 18.0 Å². The summed E-state index contributed by atoms with van der Waals surface area (Å²) in [6.45, 7) is 16.9. The Bertz CT molecular complexity index is 1510. The number of halogens is 1. The fraction of sp³-hybridized carbons (Fsp3) is 0.732. The van der Waals surface area contributed by atoms with Crippen LogP contribution in [0.3, 0.4) is 0 Å². The Kier molecular flexibility index (Phi) is 14.8. The molecule has 3 saturated heterocycles. The van der Waals surface area contributed by atoms with Crippen molar-refractivity contribution >= 4 is 23.6 Å². The molecular formula is C41H62FN3O10. The third kappa shape index (κ3) is 9.47. The quantitative estimate of drug-likeness (QED) is 0.128. The van der Waals surface area contributed by atoms with Gasteiger partial charge in [0.25, 0.3) is 5.67 Å². The highest BCUT2D eigenvalue weighted by Crippen LogP contribution is 2.43. The van der Waals surface area contributed by atoms with Crippen LogP contribution < -0.4 is 5.32 Å². The molecule has 13 atom stereocenters. The van der Waals surface area contributed by atoms with Gasteiger partial charge in [0.15, 0.2) is 17.7 Å². The van der Waals surface area contributed by atoms with Crippen molar-refractivity contribution in [2.24, 2.45) is 17.8 Å². The highest BCUT2D eigenvalue weighted by molar-refractivity contribution is 6.08. The Labute approximate surface area is 325 Å². The van der Waals surface area contributed by atoms with E-state index in [2.05, 4.69) is 16.9 Å². The number of unbranched alkanes of at least 4 members (excludes halogenated alkanes) is 1. The van der Waals surface area contributed by atoms with Gasteiger partial charge in [-0.3, -0.25) is 14.6 Å². The van der Waals surface area contributed by atoms with Crippen molar-refractivity contribution in [3.63, 3.8) is 0 Å². The molecule has 1 aromatic heterocycles. The zero-order chi connectivity index (χ0) is 40.9. The third-order valence-corrected chi connectivity index (χ3v) is 11.9. The number of esters is 1. The summed E-state index contributed by atoms with van der Waals surface area (Å²) >= 11 is 0. The smallest absolute Gasteiger partial charge is 0.410 e. The van der Waals surface area contributed by atoms with Crippen molar-refractivity contribution in [1.82, 2.24) is 15.2 Å². The number of Topliss-reactive ketones (excluding diaryl/α,β-unsaturated/α-hetero) is 2. The molecule has 4 heterocycles. The summed E-state index contributed by atoms with van der Waals surface area (Å²) < 4.78 is 47.3. The minimum absolute atomic E-state index is 0.000293. The van der Waals surface area contributed by atoms with Gasteiger partial charge in [-0.05, 0) is 83.9 Å². The predicted molar refractivity (Wildman–Crippen MR) is 202 cm³/mol. The van der Waals surface area contributed by atoms with E-state index in [1.165, 1.54) is 18.9 Å². The molecule has 14 heteroatoms. The van der Waals surface area contributed by atoms with Crippen LogP contribution in [0, 0.1) is 17.8 Å². The summed E-state index contributed by atoms with van der Waals surface area (Å²) in [6, 6.07) is 2.50. The number of carbonyl (C=O) groups is 4. The van der Waals surface area contributed by atoms with Gasteiger partial charge in [-0.25, -0.2) is 14.0 Å². The minimum Gasteiger partial charge on any atom is -0.455 e. The fourth-order valence-electron chi connectivity index (χ4n) is 8.82. The molecule has 3 fully saturated rings. The van der Waals surface area contributed by atoms with Gasteiger partial charge in [0, 0.05) is 56.4 Å². The van der Waals surface area contributed by atoms with E-state index in [1.807, 2.05) is 19.1 Å². The van der Waals surface area contributed by atoms with Gasteiger partial charge in [-0.15, -0.1) is 6.58 Å². The summed E-state index contributed by atoms with van der Waals surface area (Å²) in [6.07, 6.45) is 1.70. The fourth-order valence-corrected chi connectivity index (χ4v) is 8.82. The number of alkyl halides is 1. The van der Waals surface area contributed by atoms with E-state index in [9.17, 15) is 24.3 Å². The average molecular weight is 776 g/mol. The second-order valence-electron chi connectivity index (χ2n) is 16.2. The molecule has 0 bridgehead atoms. The van der Waals surface area contributed by atoms with E-state index in [1.54, 1.807) is 53.1 Å². The first-order chi connectivity index (χ1) is 25.9. The molecule has 1 aromatic rings. The number of aromatic nitrogens is 1. The number of methoxy groups -OCH3 is 1. The van der Waals surface area contributed by atoms with Crippen LogP contribution in [0.25, 0.3) is 0 Å². The van der Waals surface area contributed by atoms with Crippen LogP contribution in [0.2, 0.25) is 0 Å². The summed E-state index contributed by atoms with van der Waals surface area (Å²) in [7, 11) is 1.40. The lowest BCUT2D eigenvalue weighted by Crippen LogP contribution is -2.62. The van der Waals surface area contributed by atoms with Crippen molar-refractivity contribution in [3.8, 4) is 0 Å². The summed E-state index contributed by atoms with van der Waals surface area (Å²) in [5, 5.41) is 14.6. The summed E-state index contributed by atoms with van der Waals surface area (Å²) in [5.74, 6) is -5.76. The number of aliphatic hydroxyl groups excluding tert-OH is 1. The Balaban J connectivity index is 1.74. The van der Waals surface area contributed by atoms with E-state index in [0.29, 0.717) is 19.4 Å². The van der Waals surface area contributed by atoms with Crippen molar-refractivity contribution in [1.29, 1.82) is 0 Å². The predicted octanol–water partition coefficient (Wildman–Crippen LogP) is 4.91. The molecule has 1 amide bonds. The third-order valence-electron chi connectivity index (χ3n) is 11.9. The SMILES string of the molecule is C=CCN[C@H]1C[C@@H](C)O[C@@H](O[C@@H]2[C@@H](C)C(=O)[C@](C)(F)C(=O)O[C@H](CC)[C@@]3(C)OC(=O)N(CCCCc4ccncc4)C3[C@@H](C)C(=O)[C@H](C)C[C@@]2(C)OC)[C@H]1O. The number of hydrogen-bond acceptors (Lipinski definition) is 12. The van der Waals surface area contributed by atoms with Gasteiger partial charge in [0.05, 0.1) is 23.9 Å². The number of nitrogens with zero attached hydrogens (tertiary/aromatic N) is 2. The Hall–Kier alpha value is -3.30. The Morgan fingerprint density at radius 2 is 1.76 bits per heavy atom. The van der Waals surface area contributed by atoms with Gasteiger partial charge in [-0.1, -0.05) is 33.8 Å². The molecule has 13 nitrogen and oxygen atoms in total. The molecule has 4 rings (SSSR count). The van der Waals surface area contributed by atoms with Crippen molar-refractivity contribution in [2.75, 3.05) is 20.2 Å². The van der Waals surface area contributed by atoms with Crippen molar-refractivity contribution in [2.45, 2.75) is 154 Å². The molecule has 1 unspecified atom stereocenters. The average Bonchev–Trinajstić information content (AvgIpc) is 3.42. The number of fused-ring (bicyclic) bond motifs is 1. The van der Waals surface area contributed by atoms with Crippen LogP contribution in [0.5, 0.6) is 0 Å². The number of ether oxygens (including phenoxy) is 5. The monoisotopic (exact) mass is 775 g/mol. The van der Waals surface area contributed by atoms with Crippen molar-refractivity contribution < 1.29 is 52.4 Å². The molecule has 0 radical (unpaired) electrons. The maximum Gasteiger partial charge on any atom is 0.410 e. The number of cyclic esters (lactones) is 1. The standard InChI is InChI=1S/C41H62FN3O10/c1-11-18-44-29-22-25(4)52-36(32(29)47)54-35-27(6)34(48)40(8,42)37(49)53-30(12-2)41(9)33(26(5)31(46)24(3)23-39(35,7)51-10)45(38(50)55-41)21-14-13-15-28-16-19-43-20-17-28/h11,16-17,19-20,24-27,29-30,32-33,35-36,44,47H,1,12-15,18,21-23H2,2-10H3/t24-,25-,26+,27+,29+,30-,32+,33?,35-,36+,39-,40+,41-/m1/s1. The number of nitrogens with one attached hydrogen (secondary N) is 1. The van der Waals surface area contributed by atoms with Crippen LogP contribution in [-0.4, -0.2) is 118 Å². The number of pyridine rings is 1. The Morgan fingerprint density at radius 1 is 1.09 bits per heavy atom. The highest BCUT2D eigenvalue weighted by atomic mass is 19.1. The van der Waals surface area contributed by atoms with Gasteiger partial charge < -0.3 is 39.0 Å². The van der Waals surface area contributed by atoms with Crippen LogP contribution >= 0.6 is 0 Å². The number of rotatable bonds is 12. The lowest BCUT2D eigenvalue weighted by atomic mass is 9.73. The van der Waals surface area contributed by atoms with Crippen molar-refractivity contribution in [3.05, 3.63) is 42.7 Å². The summed E-state index contributed by atoms with van der Waals surface area (Å²) in [5.41, 5.74) is -5.09. The molecule has 3 aliphatic heterocycles. The van der Waals surface area contributed by atoms with E-state index in [4.69, 9.17) is 23.7 Å². The molecule has 2 N–H and O–H groups in total. The van der Waals surface area contributed by atoms with Crippen LogP contribution in [0.15, 0.2) is 37.2 Å². The summed E-state index contributed by atoms with van der Waals surface area (Å²) in [4.78, 5) is 61.9. The number of aryl methyl sites for hydroxylation is 1. The lowest BCUT2D eigenvalue weighted by molar-refractivity contribution is -0.290. The van der Waals surface area contributed by atoms with E-state index in [0.717, 1.165) is 25.3 Å². The normalized spacial score (nSPS) is 39.2. The molecular weight excluding hydrogens is 713 g/mol. The van der Waals surface area contributed by atoms with E-state index in [-0.39, 0.29) is 31.3 Å². The first kappa shape index (κ1) is 44.4. The molecule has 308 valence electrons. The topological polar surface area (TPSA) is 163 Å². The molecule has 3 aliphatic rings. The molecule has 0 saturated carbocycles. The molecule has 55 heavy (non-hydrogen) atoms. The van der Waals surface area contributed by atoms with Gasteiger partial charge >= 0.3 is 12.1 Å². The minimum atomic E-state index is -3.17. The molecule has 0 spiro atoms. The maximum atomic E-state index is 16.8. The molecule has 0 aromatic carbocycles. The van der Waals surface area contributed by atoms with Gasteiger partial charge in [0.2, 0.25) is 0 Å². The van der Waals surface area contributed by atoms with Crippen LogP contribution in [0.4, 0.5) is 9.18 Å². The van der Waals surface area contributed by atoms with Crippen LogP contribution in [0.1, 0.15) is 93.1 Å². The zero-order valence-electron chi connectivity index (χ0n) is 33.9. The maximum absolute atomic E-state index is 16.8. The number of aliphatic hydroxyl groups is 1. The second kappa shape index (κ2) is 18.3. The van der Waals surface area contributed by atoms with E-state index >= 15 is 4.39 Å². The first-order valence-corrected chi connectivity index (χ1v) is 19.6. The van der Waals surface area contributed by atoms with E-state index < -0.39 is 89.2 Å². The number of amides is 1. The van der Waals surface area contributed by atoms with Crippen LogP contribution in [-0.2, 0) is 44.5 Å². The second-order valence-corrected chi connectivity index (χ2v) is 16.2. The first-order valence-electron chi connectivity index (χ1n) is 19.6. The number of ketones is 2. The molecule has 0 aliphatic carbocycles. The Morgan fingerprint density at radius 3 is 2.38 bits per heavy atom. The number of carbonyl (C=O) groups excluding carboxylic acids is 4. The largest absolute Gasteiger partial charge is 0.455 e. The van der Waals surface area contributed by atoms with Gasteiger partial charge in [-0.2, -0.15) is 0 Å². The zero-order valence-corrected chi connectivity index (χ0v) is 33.9. The number of hydrogen-bond donors (Lipinski definition) is 2. The highest BCUT2D eigenvalue weighted by Gasteiger charge is 2.61.